The van der Waals surface area contributed by atoms with E-state index in [4.69, 9.17) is 0 Å². The lowest BCUT2D eigenvalue weighted by Crippen LogP contribution is -2.30. The zero-order valence-corrected chi connectivity index (χ0v) is 16.8. The van der Waals surface area contributed by atoms with Crippen LogP contribution in [0.3, 0.4) is 0 Å². The van der Waals surface area contributed by atoms with E-state index in [9.17, 15) is 25.9 Å². The smallest absolute Gasteiger partial charge is 0.282 e. The van der Waals surface area contributed by atoms with Crippen LogP contribution in [0, 0.1) is 5.92 Å². The summed E-state index contributed by atoms with van der Waals surface area (Å²) in [5, 5.41) is 3.32. The molecule has 3 aromatic rings. The molecule has 1 atom stereocenters. The van der Waals surface area contributed by atoms with Gasteiger partial charge in [-0.15, -0.1) is 0 Å². The van der Waals surface area contributed by atoms with Crippen LogP contribution in [0.15, 0.2) is 64.4 Å². The summed E-state index contributed by atoms with van der Waals surface area (Å²) in [5.41, 5.74) is 1.09. The number of rotatable bonds is 4. The molecule has 1 unspecified atom stereocenters. The monoisotopic (exact) mass is 430 g/mol. The van der Waals surface area contributed by atoms with E-state index in [1.807, 2.05) is 24.3 Å². The highest BCUT2D eigenvalue weighted by atomic mass is 32.2. The van der Waals surface area contributed by atoms with E-state index < -0.39 is 20.2 Å². The second-order valence-corrected chi connectivity index (χ2v) is 10.00. The normalized spacial score (nSPS) is 16.7. The first kappa shape index (κ1) is 19.8. The van der Waals surface area contributed by atoms with Gasteiger partial charge in [-0.3, -0.25) is 9.11 Å². The molecular weight excluding hydrogens is 412 g/mol. The Hall–Kier alpha value is -2.52. The molecule has 6 nitrogen and oxygen atoms in total. The van der Waals surface area contributed by atoms with Crippen molar-refractivity contribution in [1.82, 2.24) is 0 Å². The zero-order valence-electron chi connectivity index (χ0n) is 15.2. The van der Waals surface area contributed by atoms with Crippen LogP contribution in [0.4, 0.5) is 0 Å². The Labute approximate surface area is 168 Å². The average Bonchev–Trinajstić information content (AvgIpc) is 2.65. The minimum atomic E-state index is -4.23. The maximum atomic E-state index is 11.3. The quantitative estimate of drug-likeness (QED) is 0.614. The predicted octanol–water partition coefficient (Wildman–Crippen LogP) is 2.16. The van der Waals surface area contributed by atoms with Gasteiger partial charge in [-0.2, -0.15) is 16.8 Å². The number of fused-ring (bicyclic) bond motifs is 2. The molecule has 1 aliphatic rings. The molecule has 4 rings (SSSR count). The third-order valence-electron chi connectivity index (χ3n) is 5.08. The zero-order chi connectivity index (χ0) is 20.8. The van der Waals surface area contributed by atoms with Crippen molar-refractivity contribution >= 4 is 43.2 Å². The molecule has 0 aliphatic heterocycles. The number of hydrogen-bond donors (Lipinski definition) is 2. The first-order valence-electron chi connectivity index (χ1n) is 8.89. The fourth-order valence-corrected chi connectivity index (χ4v) is 4.68. The van der Waals surface area contributed by atoms with Crippen molar-refractivity contribution in [3.05, 3.63) is 70.6 Å². The van der Waals surface area contributed by atoms with Crippen molar-refractivity contribution < 1.29 is 25.9 Å². The van der Waals surface area contributed by atoms with Crippen molar-refractivity contribution in [3.63, 3.8) is 0 Å². The summed E-state index contributed by atoms with van der Waals surface area (Å²) >= 11 is 0. The van der Waals surface area contributed by atoms with Gasteiger partial charge < -0.3 is 0 Å². The molecule has 0 heterocycles. The van der Waals surface area contributed by atoms with E-state index in [0.717, 1.165) is 39.6 Å². The van der Waals surface area contributed by atoms with Crippen molar-refractivity contribution in [1.29, 1.82) is 0 Å². The highest BCUT2D eigenvalue weighted by molar-refractivity contribution is 7.86. The second-order valence-electron chi connectivity index (χ2n) is 7.15. The van der Waals surface area contributed by atoms with Crippen molar-refractivity contribution in [2.75, 3.05) is 0 Å². The molecule has 0 saturated carbocycles. The van der Waals surface area contributed by atoms with Gasteiger partial charge in [-0.05, 0) is 69.8 Å². The van der Waals surface area contributed by atoms with E-state index in [2.05, 4.69) is 6.08 Å². The Morgan fingerprint density at radius 3 is 2.10 bits per heavy atom. The van der Waals surface area contributed by atoms with E-state index in [1.165, 1.54) is 24.3 Å². The van der Waals surface area contributed by atoms with E-state index in [-0.39, 0.29) is 15.7 Å². The Morgan fingerprint density at radius 2 is 1.38 bits per heavy atom. The summed E-state index contributed by atoms with van der Waals surface area (Å²) in [6, 6.07) is 14.8. The fourth-order valence-electron chi connectivity index (χ4n) is 3.65. The molecule has 2 N–H and O–H groups in total. The van der Waals surface area contributed by atoms with Crippen LogP contribution < -0.4 is 10.4 Å². The first-order chi connectivity index (χ1) is 13.6. The van der Waals surface area contributed by atoms with Gasteiger partial charge in [0.15, 0.2) is 0 Å². The van der Waals surface area contributed by atoms with Gasteiger partial charge in [0.05, 0.1) is 9.79 Å². The lowest BCUT2D eigenvalue weighted by Gasteiger charge is -2.15. The van der Waals surface area contributed by atoms with Crippen LogP contribution in [-0.4, -0.2) is 25.9 Å². The molecular formula is C21H18O6S2. The molecule has 0 saturated heterocycles. The van der Waals surface area contributed by atoms with Crippen molar-refractivity contribution in [2.24, 2.45) is 5.92 Å². The fraction of sp³-hybridized carbons (Fsp3) is 0.143. The number of benzene rings is 3. The van der Waals surface area contributed by atoms with Crippen LogP contribution in [0.5, 0.6) is 0 Å². The molecule has 0 amide bonds. The van der Waals surface area contributed by atoms with Gasteiger partial charge in [-0.1, -0.05) is 42.5 Å². The maximum absolute atomic E-state index is 11.3. The minimum absolute atomic E-state index is 0.113. The molecule has 29 heavy (non-hydrogen) atoms. The standard InChI is InChI=1S/C21H18O6S2/c22-28(23,24)20-7-5-16-10-14(1-3-18(16)12-20)9-15-2-4-19-13-21(29(25,26)27)8-6-17(19)11-15/h1,3-8,10-13,15H,2,9H2,(H,22,23,24)(H,25,26,27). The third kappa shape index (κ3) is 4.25. The second kappa shape index (κ2) is 7.07. The molecule has 0 fully saturated rings. The van der Waals surface area contributed by atoms with Gasteiger partial charge in [-0.25, -0.2) is 0 Å². The predicted molar refractivity (Wildman–Crippen MR) is 110 cm³/mol. The van der Waals surface area contributed by atoms with Crippen LogP contribution in [0.2, 0.25) is 0 Å². The molecule has 0 radical (unpaired) electrons. The van der Waals surface area contributed by atoms with E-state index in [0.29, 0.717) is 0 Å². The Balaban J connectivity index is 1.61. The Kier molecular flexibility index (Phi) is 4.82. The van der Waals surface area contributed by atoms with Crippen LogP contribution in [0.1, 0.15) is 12.0 Å². The molecule has 150 valence electrons. The summed E-state index contributed by atoms with van der Waals surface area (Å²) in [6.07, 6.45) is 5.57. The van der Waals surface area contributed by atoms with Gasteiger partial charge >= 0.3 is 0 Å². The summed E-state index contributed by atoms with van der Waals surface area (Å²) in [6.45, 7) is 0. The third-order valence-corrected chi connectivity index (χ3v) is 6.78. The molecule has 1 aliphatic carbocycles. The Bertz CT molecular complexity index is 1450. The van der Waals surface area contributed by atoms with Crippen molar-refractivity contribution in [3.8, 4) is 0 Å². The minimum Gasteiger partial charge on any atom is -0.282 e. The van der Waals surface area contributed by atoms with Gasteiger partial charge in [0, 0.05) is 0 Å². The van der Waals surface area contributed by atoms with Gasteiger partial charge in [0.25, 0.3) is 20.2 Å². The highest BCUT2D eigenvalue weighted by Crippen LogP contribution is 2.23. The highest BCUT2D eigenvalue weighted by Gasteiger charge is 2.14. The topological polar surface area (TPSA) is 109 Å². The van der Waals surface area contributed by atoms with Crippen LogP contribution >= 0.6 is 0 Å². The molecule has 0 bridgehead atoms. The summed E-state index contributed by atoms with van der Waals surface area (Å²) < 4.78 is 63.5. The SMILES string of the molecule is O=S(=O)(O)c1ccc2c(c1)=CCC(Cc1ccc3cc(S(=O)(=O)O)ccc3c1)C=2. The van der Waals surface area contributed by atoms with E-state index >= 15 is 0 Å². The van der Waals surface area contributed by atoms with Crippen molar-refractivity contribution in [2.45, 2.75) is 22.6 Å². The first-order valence-corrected chi connectivity index (χ1v) is 11.8. The lowest BCUT2D eigenvalue weighted by molar-refractivity contribution is 0.481. The lowest BCUT2D eigenvalue weighted by atomic mass is 9.90. The number of hydrogen-bond acceptors (Lipinski definition) is 4. The molecule has 0 spiro atoms. The van der Waals surface area contributed by atoms with Crippen LogP contribution in [-0.2, 0) is 26.7 Å². The molecule has 3 aromatic carbocycles. The van der Waals surface area contributed by atoms with Gasteiger partial charge in [0.1, 0.15) is 0 Å². The van der Waals surface area contributed by atoms with E-state index in [1.54, 1.807) is 12.1 Å². The molecule has 0 aromatic heterocycles. The Morgan fingerprint density at radius 1 is 0.759 bits per heavy atom. The average molecular weight is 431 g/mol. The summed E-state index contributed by atoms with van der Waals surface area (Å²) in [4.78, 5) is -0.244. The maximum Gasteiger partial charge on any atom is 0.294 e. The summed E-state index contributed by atoms with van der Waals surface area (Å²) in [7, 11) is -8.45. The van der Waals surface area contributed by atoms with Crippen LogP contribution in [0.25, 0.3) is 22.9 Å². The summed E-state index contributed by atoms with van der Waals surface area (Å²) in [5.74, 6) is 0.230. The van der Waals surface area contributed by atoms with Gasteiger partial charge in [0.2, 0.25) is 0 Å². The largest absolute Gasteiger partial charge is 0.294 e. The molecule has 8 heteroatoms.